The van der Waals surface area contributed by atoms with E-state index in [-0.39, 0.29) is 6.61 Å². The number of carbonyl (C=O) groups is 1. The van der Waals surface area contributed by atoms with Crippen molar-refractivity contribution in [1.29, 1.82) is 0 Å². The number of halogens is 3. The molecule has 3 aromatic rings. The van der Waals surface area contributed by atoms with Crippen LogP contribution < -0.4 is 4.74 Å². The summed E-state index contributed by atoms with van der Waals surface area (Å²) in [5.41, 5.74) is 1.80. The van der Waals surface area contributed by atoms with Gasteiger partial charge in [0, 0.05) is 23.3 Å². The zero-order valence-electron chi connectivity index (χ0n) is 15.8. The predicted octanol–water partition coefficient (Wildman–Crippen LogP) is 4.79. The molecule has 9 heteroatoms. The molecule has 0 aliphatic heterocycles. The second-order valence-electron chi connectivity index (χ2n) is 6.50. The molecule has 0 amide bonds. The van der Waals surface area contributed by atoms with E-state index in [9.17, 15) is 18.0 Å². The largest absolute Gasteiger partial charge is 0.482 e. The number of nitrogens with zero attached hydrogens (tertiary/aromatic N) is 1. The topological polar surface area (TPSA) is 83.9 Å². The number of carboxylic acids is 1. The van der Waals surface area contributed by atoms with Crippen LogP contribution >= 0.6 is 0 Å². The summed E-state index contributed by atoms with van der Waals surface area (Å²) < 4.78 is 42.8. The highest BCUT2D eigenvalue weighted by Crippen LogP contribution is 2.29. The Kier molecular flexibility index (Phi) is 6.61. The molecule has 3 rings (SSSR count). The number of aryl methyl sites for hydroxylation is 1. The lowest BCUT2D eigenvalue weighted by Gasteiger charge is -2.07. The minimum Gasteiger partial charge on any atom is -0.482 e. The van der Waals surface area contributed by atoms with E-state index in [0.29, 0.717) is 24.2 Å². The lowest BCUT2D eigenvalue weighted by molar-refractivity contribution is -0.139. The Balaban J connectivity index is 1.48. The minimum absolute atomic E-state index is 0.0754. The number of aromatic nitrogens is 1. The van der Waals surface area contributed by atoms with Crippen molar-refractivity contribution in [3.8, 4) is 5.75 Å². The fraction of sp³-hybridized carbons (Fsp3) is 0.238. The van der Waals surface area contributed by atoms with E-state index >= 15 is 0 Å². The van der Waals surface area contributed by atoms with Gasteiger partial charge in [0.15, 0.2) is 6.61 Å². The monoisotopic (exact) mass is 420 g/mol. The quantitative estimate of drug-likeness (QED) is 0.385. The van der Waals surface area contributed by atoms with Gasteiger partial charge in [-0.25, -0.2) is 4.79 Å². The summed E-state index contributed by atoms with van der Waals surface area (Å²) >= 11 is 0. The fourth-order valence-corrected chi connectivity index (χ4v) is 2.83. The Morgan fingerprint density at radius 2 is 1.93 bits per heavy atom. The van der Waals surface area contributed by atoms with Crippen molar-refractivity contribution in [2.24, 2.45) is 5.16 Å². The van der Waals surface area contributed by atoms with E-state index in [4.69, 9.17) is 14.7 Å². The SMILES string of the molecule is O=C(O)COc1ccc2[nH]cc(CCC=NOCc3ccc(C(F)(F)F)cc3)c2c1. The van der Waals surface area contributed by atoms with Gasteiger partial charge in [0.2, 0.25) is 0 Å². The van der Waals surface area contributed by atoms with Gasteiger partial charge in [-0.1, -0.05) is 17.3 Å². The van der Waals surface area contributed by atoms with E-state index in [1.165, 1.54) is 12.1 Å². The highest BCUT2D eigenvalue weighted by molar-refractivity contribution is 5.85. The van der Waals surface area contributed by atoms with Gasteiger partial charge in [-0.2, -0.15) is 13.2 Å². The third kappa shape index (κ3) is 5.76. The van der Waals surface area contributed by atoms with Gasteiger partial charge in [0.1, 0.15) is 12.4 Å². The smallest absolute Gasteiger partial charge is 0.416 e. The van der Waals surface area contributed by atoms with Crippen LogP contribution in [-0.2, 0) is 28.8 Å². The van der Waals surface area contributed by atoms with Crippen LogP contribution in [0.15, 0.2) is 53.8 Å². The summed E-state index contributed by atoms with van der Waals surface area (Å²) in [6, 6.07) is 10.0. The van der Waals surface area contributed by atoms with Gasteiger partial charge in [-0.15, -0.1) is 0 Å². The molecule has 158 valence electrons. The Morgan fingerprint density at radius 3 is 2.63 bits per heavy atom. The van der Waals surface area contributed by atoms with Crippen molar-refractivity contribution in [3.63, 3.8) is 0 Å². The lowest BCUT2D eigenvalue weighted by Crippen LogP contribution is -2.09. The van der Waals surface area contributed by atoms with Crippen LogP contribution in [0.25, 0.3) is 10.9 Å². The number of hydrogen-bond acceptors (Lipinski definition) is 4. The van der Waals surface area contributed by atoms with E-state index in [1.807, 2.05) is 12.3 Å². The van der Waals surface area contributed by atoms with E-state index < -0.39 is 24.3 Å². The van der Waals surface area contributed by atoms with Gasteiger partial charge in [-0.05, 0) is 54.3 Å². The second kappa shape index (κ2) is 9.34. The van der Waals surface area contributed by atoms with Crippen LogP contribution in [0.1, 0.15) is 23.1 Å². The molecule has 30 heavy (non-hydrogen) atoms. The number of oxime groups is 1. The van der Waals surface area contributed by atoms with Gasteiger partial charge in [0.25, 0.3) is 0 Å². The molecule has 0 fully saturated rings. The maximum Gasteiger partial charge on any atom is 0.416 e. The number of carboxylic acid groups (broad SMARTS) is 1. The average Bonchev–Trinajstić information content (AvgIpc) is 3.11. The van der Waals surface area contributed by atoms with E-state index in [1.54, 1.807) is 18.3 Å². The number of benzene rings is 2. The Morgan fingerprint density at radius 1 is 1.17 bits per heavy atom. The molecule has 1 heterocycles. The minimum atomic E-state index is -4.36. The van der Waals surface area contributed by atoms with Crippen LogP contribution in [-0.4, -0.2) is 28.9 Å². The second-order valence-corrected chi connectivity index (χ2v) is 6.50. The van der Waals surface area contributed by atoms with Crippen LogP contribution in [0.3, 0.4) is 0 Å². The van der Waals surface area contributed by atoms with Gasteiger partial charge < -0.3 is 19.7 Å². The summed E-state index contributed by atoms with van der Waals surface area (Å²) in [5, 5.41) is 13.5. The zero-order valence-corrected chi connectivity index (χ0v) is 15.8. The first-order valence-electron chi connectivity index (χ1n) is 9.07. The van der Waals surface area contributed by atoms with Crippen LogP contribution in [0.2, 0.25) is 0 Å². The molecule has 2 N–H and O–H groups in total. The number of alkyl halides is 3. The molecule has 0 atom stereocenters. The predicted molar refractivity (Wildman–Crippen MR) is 104 cm³/mol. The summed E-state index contributed by atoms with van der Waals surface area (Å²) in [6.45, 7) is -0.333. The summed E-state index contributed by atoms with van der Waals surface area (Å²) in [5.74, 6) is -0.573. The molecule has 0 saturated heterocycles. The molecule has 0 spiro atoms. The number of fused-ring (bicyclic) bond motifs is 1. The van der Waals surface area contributed by atoms with Gasteiger partial charge >= 0.3 is 12.1 Å². The van der Waals surface area contributed by atoms with Crippen LogP contribution in [0.5, 0.6) is 5.75 Å². The van der Waals surface area contributed by atoms with Crippen molar-refractivity contribution < 1.29 is 32.6 Å². The van der Waals surface area contributed by atoms with Crippen molar-refractivity contribution in [2.75, 3.05) is 6.61 Å². The zero-order chi connectivity index (χ0) is 21.6. The Labute approximate surface area is 169 Å². The van der Waals surface area contributed by atoms with Gasteiger partial charge in [-0.3, -0.25) is 0 Å². The third-order valence-corrected chi connectivity index (χ3v) is 4.31. The molecule has 0 saturated carbocycles. The molecule has 0 bridgehead atoms. The summed E-state index contributed by atoms with van der Waals surface area (Å²) in [7, 11) is 0. The molecule has 1 aromatic heterocycles. The van der Waals surface area contributed by atoms with Crippen molar-refractivity contribution in [3.05, 3.63) is 65.4 Å². The molecule has 0 radical (unpaired) electrons. The molecule has 0 aliphatic carbocycles. The molecular weight excluding hydrogens is 401 g/mol. The van der Waals surface area contributed by atoms with E-state index in [0.717, 1.165) is 28.6 Å². The number of H-pyrrole nitrogens is 1. The van der Waals surface area contributed by atoms with Crippen molar-refractivity contribution in [2.45, 2.75) is 25.6 Å². The molecule has 6 nitrogen and oxygen atoms in total. The number of aromatic amines is 1. The lowest BCUT2D eigenvalue weighted by atomic mass is 10.1. The number of hydrogen-bond donors (Lipinski definition) is 2. The average molecular weight is 420 g/mol. The number of rotatable bonds is 9. The van der Waals surface area contributed by atoms with E-state index in [2.05, 4.69) is 10.1 Å². The fourth-order valence-electron chi connectivity index (χ4n) is 2.83. The van der Waals surface area contributed by atoms with Crippen LogP contribution in [0.4, 0.5) is 13.2 Å². The summed E-state index contributed by atoms with van der Waals surface area (Å²) in [6.07, 6.45) is 0.342. The molecular formula is C21H19F3N2O4. The Hall–Kier alpha value is -3.49. The number of aliphatic carboxylic acids is 1. The van der Waals surface area contributed by atoms with Crippen molar-refractivity contribution >= 4 is 23.1 Å². The highest BCUT2D eigenvalue weighted by atomic mass is 19.4. The maximum atomic E-state index is 12.5. The first kappa shape index (κ1) is 21.2. The highest BCUT2D eigenvalue weighted by Gasteiger charge is 2.29. The first-order valence-corrected chi connectivity index (χ1v) is 9.07. The maximum absolute atomic E-state index is 12.5. The number of ether oxygens (including phenoxy) is 1. The third-order valence-electron chi connectivity index (χ3n) is 4.31. The summed E-state index contributed by atoms with van der Waals surface area (Å²) in [4.78, 5) is 18.9. The standard InChI is InChI=1S/C21H19F3N2O4/c22-21(23,24)16-5-3-14(4-6-16)12-30-26-9-1-2-15-11-25-19-8-7-17(10-18(15)19)29-13-20(27)28/h3-11,25H,1-2,12-13H2,(H,27,28). The van der Waals surface area contributed by atoms with Gasteiger partial charge in [0.05, 0.1) is 5.56 Å². The normalized spacial score (nSPS) is 11.8. The molecule has 0 aliphatic rings. The van der Waals surface area contributed by atoms with Crippen LogP contribution in [0, 0.1) is 0 Å². The molecule has 2 aromatic carbocycles. The molecule has 0 unspecified atom stereocenters. The first-order chi connectivity index (χ1) is 14.3. The Bertz CT molecular complexity index is 1030. The van der Waals surface area contributed by atoms with Crippen molar-refractivity contribution in [1.82, 2.24) is 4.98 Å². The number of nitrogens with one attached hydrogen (secondary N) is 1.